The first-order valence-electron chi connectivity index (χ1n) is 7.10. The first-order chi connectivity index (χ1) is 8.52. The van der Waals surface area contributed by atoms with Gasteiger partial charge in [-0.25, -0.2) is 0 Å². The Hall–Kier alpha value is -0.545. The van der Waals surface area contributed by atoms with Crippen LogP contribution >= 0.6 is 0 Å². The summed E-state index contributed by atoms with van der Waals surface area (Å²) in [4.78, 5) is 11.2. The highest BCUT2D eigenvalue weighted by Gasteiger charge is 2.61. The van der Waals surface area contributed by atoms with Gasteiger partial charge in [-0.1, -0.05) is 20.8 Å². The zero-order chi connectivity index (χ0) is 12.9. The van der Waals surface area contributed by atoms with E-state index >= 15 is 0 Å². The third-order valence-corrected chi connectivity index (χ3v) is 5.25. The predicted octanol–water partition coefficient (Wildman–Crippen LogP) is 1.39. The van der Waals surface area contributed by atoms with E-state index in [1.807, 2.05) is 6.92 Å². The fraction of sp³-hybridized carbons (Fsp3) is 0.923. The number of hydrogen-bond donors (Lipinski definition) is 1. The van der Waals surface area contributed by atoms with E-state index in [2.05, 4.69) is 19.2 Å². The van der Waals surface area contributed by atoms with Gasteiger partial charge in [-0.15, -0.1) is 0 Å². The van der Waals surface area contributed by atoms with Gasteiger partial charge in [-0.3, -0.25) is 4.79 Å². The Morgan fingerprint density at radius 1 is 1.39 bits per heavy atom. The minimum absolute atomic E-state index is 0.0571. The summed E-state index contributed by atoms with van der Waals surface area (Å²) in [6.07, 6.45) is 3.89. The van der Waals surface area contributed by atoms with Gasteiger partial charge in [0.25, 0.3) is 0 Å². The van der Waals surface area contributed by atoms with Crippen molar-refractivity contribution < 1.29 is 14.1 Å². The van der Waals surface area contributed by atoms with Gasteiger partial charge in [0.05, 0.1) is 18.7 Å². The number of nitrogens with one attached hydrogen (secondary N) is 1. The third-order valence-electron chi connectivity index (χ3n) is 5.25. The summed E-state index contributed by atoms with van der Waals surface area (Å²) in [5.74, 6) is 1.48. The highest BCUT2D eigenvalue weighted by molar-refractivity contribution is 6.45. The van der Waals surface area contributed by atoms with E-state index in [1.165, 1.54) is 6.42 Å². The van der Waals surface area contributed by atoms with Crippen LogP contribution in [0.15, 0.2) is 0 Å². The van der Waals surface area contributed by atoms with E-state index in [0.717, 1.165) is 12.3 Å². The van der Waals surface area contributed by atoms with E-state index in [9.17, 15) is 4.79 Å². The molecule has 0 aromatic carbocycles. The molecule has 0 aromatic rings. The van der Waals surface area contributed by atoms with E-state index in [1.54, 1.807) is 0 Å². The van der Waals surface area contributed by atoms with Crippen molar-refractivity contribution in [1.82, 2.24) is 5.32 Å². The molecule has 1 saturated heterocycles. The predicted molar refractivity (Wildman–Crippen MR) is 68.8 cm³/mol. The molecular formula is C13H22BNO3. The van der Waals surface area contributed by atoms with Crippen molar-refractivity contribution in [3.63, 3.8) is 0 Å². The fourth-order valence-corrected chi connectivity index (χ4v) is 3.82. The quantitative estimate of drug-likeness (QED) is 0.771. The number of carbonyl (C=O) groups is 1. The molecule has 4 fully saturated rings. The van der Waals surface area contributed by atoms with Gasteiger partial charge in [0.2, 0.25) is 5.91 Å². The average molecular weight is 251 g/mol. The smallest absolute Gasteiger partial charge is 0.405 e. The number of rotatable bonds is 3. The van der Waals surface area contributed by atoms with Crippen LogP contribution in [0.1, 0.15) is 40.0 Å². The van der Waals surface area contributed by atoms with E-state index in [-0.39, 0.29) is 25.2 Å². The fourth-order valence-electron chi connectivity index (χ4n) is 3.82. The summed E-state index contributed by atoms with van der Waals surface area (Å²) >= 11 is 0. The molecule has 5 heteroatoms. The van der Waals surface area contributed by atoms with Gasteiger partial charge in [0.1, 0.15) is 0 Å². The van der Waals surface area contributed by atoms with Crippen LogP contribution < -0.4 is 5.32 Å². The van der Waals surface area contributed by atoms with Crippen molar-refractivity contribution in [2.45, 2.75) is 52.2 Å². The Labute approximate surface area is 109 Å². The Morgan fingerprint density at radius 3 is 2.83 bits per heavy atom. The number of hydrogen-bond acceptors (Lipinski definition) is 3. The maximum atomic E-state index is 11.2. The van der Waals surface area contributed by atoms with Crippen LogP contribution in [-0.4, -0.2) is 31.7 Å². The summed E-state index contributed by atoms with van der Waals surface area (Å²) in [6.45, 7) is 6.54. The van der Waals surface area contributed by atoms with Gasteiger partial charge in [-0.2, -0.15) is 0 Å². The molecule has 0 aromatic heterocycles. The zero-order valence-electron chi connectivity index (χ0n) is 11.4. The van der Waals surface area contributed by atoms with Crippen LogP contribution in [0.4, 0.5) is 0 Å². The molecule has 4 unspecified atom stereocenters. The zero-order valence-corrected chi connectivity index (χ0v) is 11.4. The van der Waals surface area contributed by atoms with E-state index in [0.29, 0.717) is 24.2 Å². The SMILES string of the molecule is CCC(=O)NCB1OC2CC3CC(C2O1)C3(C)C. The minimum atomic E-state index is -0.245. The van der Waals surface area contributed by atoms with Crippen LogP contribution in [0, 0.1) is 17.3 Å². The second-order valence-electron chi connectivity index (χ2n) is 6.46. The third kappa shape index (κ3) is 1.79. The Morgan fingerprint density at radius 2 is 2.17 bits per heavy atom. The van der Waals surface area contributed by atoms with Gasteiger partial charge in [-0.05, 0) is 30.1 Å². The second-order valence-corrected chi connectivity index (χ2v) is 6.46. The standard InChI is InChI=1S/C13H22BNO3/c1-4-11(16)15-7-14-17-10-6-8-5-9(12(10)18-14)13(8,2)3/h8-10,12H,4-7H2,1-3H3,(H,15,16). The number of carbonyl (C=O) groups excluding carboxylic acids is 1. The highest BCUT2D eigenvalue weighted by atomic mass is 16.7. The van der Waals surface area contributed by atoms with E-state index < -0.39 is 0 Å². The lowest BCUT2D eigenvalue weighted by Gasteiger charge is -2.60. The molecule has 3 aliphatic carbocycles. The lowest BCUT2D eigenvalue weighted by atomic mass is 9.47. The first kappa shape index (κ1) is 12.5. The van der Waals surface area contributed by atoms with Crippen molar-refractivity contribution in [1.29, 1.82) is 0 Å². The van der Waals surface area contributed by atoms with Crippen molar-refractivity contribution in [2.24, 2.45) is 17.3 Å². The summed E-state index contributed by atoms with van der Waals surface area (Å²) in [5.41, 5.74) is 0.409. The van der Waals surface area contributed by atoms with Crippen molar-refractivity contribution in [3.8, 4) is 0 Å². The normalized spacial score (nSPS) is 40.1. The maximum absolute atomic E-state index is 11.2. The highest BCUT2D eigenvalue weighted by Crippen LogP contribution is 2.61. The molecule has 4 atom stereocenters. The lowest BCUT2D eigenvalue weighted by Crippen LogP contribution is -2.59. The second kappa shape index (κ2) is 4.24. The molecule has 1 amide bonds. The first-order valence-corrected chi connectivity index (χ1v) is 7.10. The van der Waals surface area contributed by atoms with Crippen molar-refractivity contribution in [2.75, 3.05) is 6.44 Å². The molecule has 4 nitrogen and oxygen atoms in total. The molecule has 4 aliphatic rings. The van der Waals surface area contributed by atoms with Crippen LogP contribution in [0.3, 0.4) is 0 Å². The topological polar surface area (TPSA) is 47.6 Å². The molecule has 0 radical (unpaired) electrons. The summed E-state index contributed by atoms with van der Waals surface area (Å²) < 4.78 is 11.9. The molecule has 0 spiro atoms. The van der Waals surface area contributed by atoms with Gasteiger partial charge < -0.3 is 14.6 Å². The Bertz CT molecular complexity index is 360. The van der Waals surface area contributed by atoms with Crippen LogP contribution in [0.2, 0.25) is 0 Å². The average Bonchev–Trinajstić information content (AvgIpc) is 2.77. The monoisotopic (exact) mass is 251 g/mol. The van der Waals surface area contributed by atoms with E-state index in [4.69, 9.17) is 9.31 Å². The van der Waals surface area contributed by atoms with Gasteiger partial charge in [0, 0.05) is 6.42 Å². The van der Waals surface area contributed by atoms with Crippen molar-refractivity contribution in [3.05, 3.63) is 0 Å². The largest absolute Gasteiger partial charge is 0.478 e. The van der Waals surface area contributed by atoms with Crippen LogP contribution in [0.5, 0.6) is 0 Å². The molecule has 3 saturated carbocycles. The summed E-state index contributed by atoms with van der Waals surface area (Å²) in [6, 6.07) is 0. The molecule has 4 rings (SSSR count). The Balaban J connectivity index is 1.57. The molecule has 18 heavy (non-hydrogen) atoms. The van der Waals surface area contributed by atoms with Crippen molar-refractivity contribution >= 4 is 13.0 Å². The van der Waals surface area contributed by atoms with Gasteiger partial charge >= 0.3 is 7.12 Å². The molecule has 1 N–H and O–H groups in total. The molecular weight excluding hydrogens is 229 g/mol. The Kier molecular flexibility index (Phi) is 2.94. The maximum Gasteiger partial charge on any atom is 0.478 e. The van der Waals surface area contributed by atoms with Crippen LogP contribution in [-0.2, 0) is 14.1 Å². The summed E-state index contributed by atoms with van der Waals surface area (Å²) in [7, 11) is -0.245. The van der Waals surface area contributed by atoms with Gasteiger partial charge in [0.15, 0.2) is 0 Å². The molecule has 100 valence electrons. The molecule has 1 aliphatic heterocycles. The lowest BCUT2D eigenvalue weighted by molar-refractivity contribution is -0.150. The molecule has 2 bridgehead atoms. The van der Waals surface area contributed by atoms with Crippen LogP contribution in [0.25, 0.3) is 0 Å². The molecule has 1 heterocycles. The summed E-state index contributed by atoms with van der Waals surface area (Å²) in [5, 5.41) is 2.84. The minimum Gasteiger partial charge on any atom is -0.405 e. The number of amides is 1.